The average Bonchev–Trinajstić information content (AvgIpc) is 2.13. The number of nitrogens with zero attached hydrogens (tertiary/aromatic N) is 1. The van der Waals surface area contributed by atoms with Crippen LogP contribution in [-0.2, 0) is 4.74 Å². The highest BCUT2D eigenvalue weighted by Crippen LogP contribution is 2.11. The van der Waals surface area contributed by atoms with E-state index in [1.165, 1.54) is 0 Å². The molecule has 0 bridgehead atoms. The van der Waals surface area contributed by atoms with Crippen LogP contribution in [0.5, 0.6) is 0 Å². The molecule has 1 heterocycles. The molecular weight excluding hydrogens is 118 g/mol. The van der Waals surface area contributed by atoms with E-state index in [0.717, 1.165) is 11.2 Å². The Labute approximate surface area is 54.6 Å². The van der Waals surface area contributed by atoms with Crippen molar-refractivity contribution in [1.29, 1.82) is 0 Å². The lowest BCUT2D eigenvalue weighted by Gasteiger charge is -1.96. The van der Waals surface area contributed by atoms with Gasteiger partial charge >= 0.3 is 6.23 Å². The Balaban J connectivity index is 2.44. The van der Waals surface area contributed by atoms with Gasteiger partial charge in [0.1, 0.15) is 6.10 Å². The van der Waals surface area contributed by atoms with Gasteiger partial charge < -0.3 is 4.74 Å². The summed E-state index contributed by atoms with van der Waals surface area (Å²) in [6.45, 7) is 4.34. The standard InChI is InChI=1S/C6H12NO2/c1-3-6-4-7(8)5(2)9-6/h5-6H,3-4H2,1-2H3/q+1. The van der Waals surface area contributed by atoms with Crippen molar-refractivity contribution in [2.45, 2.75) is 32.6 Å². The molecule has 0 spiro atoms. The van der Waals surface area contributed by atoms with E-state index in [-0.39, 0.29) is 12.3 Å². The smallest absolute Gasteiger partial charge is 0.302 e. The first-order chi connectivity index (χ1) is 4.24. The first-order valence-electron chi connectivity index (χ1n) is 3.33. The summed E-state index contributed by atoms with van der Waals surface area (Å²) in [7, 11) is 0. The third-order valence-corrected chi connectivity index (χ3v) is 1.63. The molecule has 9 heavy (non-hydrogen) atoms. The van der Waals surface area contributed by atoms with Gasteiger partial charge in [0.2, 0.25) is 6.54 Å². The van der Waals surface area contributed by atoms with E-state index < -0.39 is 0 Å². The van der Waals surface area contributed by atoms with Crippen molar-refractivity contribution in [1.82, 2.24) is 0 Å². The summed E-state index contributed by atoms with van der Waals surface area (Å²) in [5.74, 6) is 0. The van der Waals surface area contributed by atoms with Crippen LogP contribution in [0.1, 0.15) is 20.3 Å². The van der Waals surface area contributed by atoms with Crippen LogP contribution < -0.4 is 0 Å². The van der Waals surface area contributed by atoms with Crippen molar-refractivity contribution in [2.24, 2.45) is 0 Å². The molecule has 3 heteroatoms. The molecule has 0 radical (unpaired) electrons. The van der Waals surface area contributed by atoms with Crippen LogP contribution in [0.25, 0.3) is 0 Å². The van der Waals surface area contributed by atoms with Gasteiger partial charge in [-0.15, -0.1) is 0 Å². The zero-order chi connectivity index (χ0) is 6.85. The molecule has 0 aromatic heterocycles. The highest BCUT2D eigenvalue weighted by atomic mass is 16.5. The Morgan fingerprint density at radius 2 is 2.44 bits per heavy atom. The minimum Gasteiger partial charge on any atom is -0.308 e. The summed E-state index contributed by atoms with van der Waals surface area (Å²) in [5, 5.41) is 0. The van der Waals surface area contributed by atoms with E-state index >= 15 is 0 Å². The van der Waals surface area contributed by atoms with Crippen molar-refractivity contribution >= 4 is 0 Å². The molecule has 2 unspecified atom stereocenters. The van der Waals surface area contributed by atoms with E-state index in [0.29, 0.717) is 6.54 Å². The van der Waals surface area contributed by atoms with E-state index in [9.17, 15) is 4.91 Å². The molecule has 0 N–H and O–H groups in total. The van der Waals surface area contributed by atoms with Gasteiger partial charge in [0, 0.05) is 16.6 Å². The van der Waals surface area contributed by atoms with Crippen LogP contribution in [0.3, 0.4) is 0 Å². The van der Waals surface area contributed by atoms with Crippen LogP contribution in [0.15, 0.2) is 0 Å². The fraction of sp³-hybridized carbons (Fsp3) is 1.00. The Bertz CT molecular complexity index is 124. The molecule has 0 aromatic carbocycles. The molecule has 0 aliphatic carbocycles. The monoisotopic (exact) mass is 130 g/mol. The molecule has 0 amide bonds. The Morgan fingerprint density at radius 3 is 2.67 bits per heavy atom. The van der Waals surface area contributed by atoms with E-state index in [1.807, 2.05) is 6.92 Å². The van der Waals surface area contributed by atoms with Crippen molar-refractivity contribution in [3.05, 3.63) is 4.91 Å². The first-order valence-corrected chi connectivity index (χ1v) is 3.33. The highest BCUT2D eigenvalue weighted by Gasteiger charge is 2.35. The largest absolute Gasteiger partial charge is 0.308 e. The second-order valence-corrected chi connectivity index (χ2v) is 2.37. The SMILES string of the molecule is CCC1C[N+](=O)C(C)O1. The minimum atomic E-state index is -0.227. The van der Waals surface area contributed by atoms with Crippen molar-refractivity contribution in [3.8, 4) is 0 Å². The van der Waals surface area contributed by atoms with Crippen molar-refractivity contribution in [2.75, 3.05) is 6.54 Å². The fourth-order valence-electron chi connectivity index (χ4n) is 0.964. The molecule has 0 saturated carbocycles. The molecule has 1 saturated heterocycles. The fourth-order valence-corrected chi connectivity index (χ4v) is 0.964. The molecule has 1 fully saturated rings. The number of rotatable bonds is 1. The summed E-state index contributed by atoms with van der Waals surface area (Å²) in [6.07, 6.45) is 0.871. The van der Waals surface area contributed by atoms with Gasteiger partial charge in [-0.2, -0.15) is 0 Å². The Hall–Kier alpha value is -0.440. The summed E-state index contributed by atoms with van der Waals surface area (Å²) >= 11 is 0. The molecule has 52 valence electrons. The maximum absolute atomic E-state index is 10.7. The molecule has 1 aliphatic rings. The summed E-state index contributed by atoms with van der Waals surface area (Å²) < 4.78 is 6.22. The van der Waals surface area contributed by atoms with Gasteiger partial charge in [-0.05, 0) is 6.42 Å². The van der Waals surface area contributed by atoms with Crippen LogP contribution >= 0.6 is 0 Å². The predicted octanol–water partition coefficient (Wildman–Crippen LogP) is 0.920. The minimum absolute atomic E-state index is 0.164. The van der Waals surface area contributed by atoms with Gasteiger partial charge in [0.15, 0.2) is 0 Å². The van der Waals surface area contributed by atoms with Gasteiger partial charge in [0.05, 0.1) is 0 Å². The normalized spacial score (nSPS) is 35.6. The number of ether oxygens (including phenoxy) is 1. The average molecular weight is 130 g/mol. The zero-order valence-corrected chi connectivity index (χ0v) is 5.83. The third-order valence-electron chi connectivity index (χ3n) is 1.63. The van der Waals surface area contributed by atoms with Gasteiger partial charge in [0.25, 0.3) is 0 Å². The molecule has 2 atom stereocenters. The molecule has 1 rings (SSSR count). The summed E-state index contributed by atoms with van der Waals surface area (Å²) in [5.41, 5.74) is 0. The van der Waals surface area contributed by atoms with Crippen molar-refractivity contribution < 1.29 is 9.50 Å². The Kier molecular flexibility index (Phi) is 1.81. The zero-order valence-electron chi connectivity index (χ0n) is 5.83. The van der Waals surface area contributed by atoms with Gasteiger partial charge in [-0.3, -0.25) is 0 Å². The predicted molar refractivity (Wildman–Crippen MR) is 33.1 cm³/mol. The summed E-state index contributed by atoms with van der Waals surface area (Å²) in [6, 6.07) is 0. The number of hydrogen-bond donors (Lipinski definition) is 0. The lowest BCUT2D eigenvalue weighted by Crippen LogP contribution is -2.12. The third kappa shape index (κ3) is 1.27. The van der Waals surface area contributed by atoms with Crippen LogP contribution in [0.4, 0.5) is 0 Å². The van der Waals surface area contributed by atoms with Crippen molar-refractivity contribution in [3.63, 3.8) is 0 Å². The molecule has 3 nitrogen and oxygen atoms in total. The Morgan fingerprint density at radius 1 is 1.78 bits per heavy atom. The topological polar surface area (TPSA) is 29.3 Å². The number of nitroso groups, excluding NO2 is 1. The maximum atomic E-state index is 10.7. The maximum Gasteiger partial charge on any atom is 0.302 e. The molecule has 1 aliphatic heterocycles. The van der Waals surface area contributed by atoms with Gasteiger partial charge in [-0.25, -0.2) is 0 Å². The second kappa shape index (κ2) is 2.43. The van der Waals surface area contributed by atoms with E-state index in [4.69, 9.17) is 4.74 Å². The van der Waals surface area contributed by atoms with E-state index in [1.54, 1.807) is 6.92 Å². The lowest BCUT2D eigenvalue weighted by atomic mass is 10.3. The lowest BCUT2D eigenvalue weighted by molar-refractivity contribution is -0.584. The highest BCUT2D eigenvalue weighted by molar-refractivity contribution is 4.57. The second-order valence-electron chi connectivity index (χ2n) is 2.37. The van der Waals surface area contributed by atoms with Crippen LogP contribution in [-0.4, -0.2) is 23.6 Å². The number of hydrogen-bond acceptors (Lipinski definition) is 2. The quantitative estimate of drug-likeness (QED) is 0.494. The van der Waals surface area contributed by atoms with Gasteiger partial charge in [-0.1, -0.05) is 6.92 Å². The van der Waals surface area contributed by atoms with E-state index in [2.05, 4.69) is 0 Å². The van der Waals surface area contributed by atoms with Crippen LogP contribution in [0, 0.1) is 4.91 Å². The summed E-state index contributed by atoms with van der Waals surface area (Å²) in [4.78, 5) is 10.7. The first kappa shape index (κ1) is 6.68. The van der Waals surface area contributed by atoms with Crippen LogP contribution in [0.2, 0.25) is 0 Å². The molecule has 0 aromatic rings. The molecular formula is C6H12NO2+.